The third kappa shape index (κ3) is 2.68. The maximum Gasteiger partial charge on any atom is 0.303 e. The Labute approximate surface area is 83.6 Å². The summed E-state index contributed by atoms with van der Waals surface area (Å²) in [6.45, 7) is 0. The van der Waals surface area contributed by atoms with Crippen molar-refractivity contribution in [1.82, 2.24) is 4.90 Å². The Balaban J connectivity index is 2.77. The van der Waals surface area contributed by atoms with Gasteiger partial charge in [-0.3, -0.25) is 4.79 Å². The molecule has 2 unspecified atom stereocenters. The highest BCUT2D eigenvalue weighted by molar-refractivity contribution is 7.91. The molecule has 0 spiro atoms. The molecular weight excluding hydrogens is 206 g/mol. The van der Waals surface area contributed by atoms with Crippen molar-refractivity contribution in [3.63, 3.8) is 0 Å². The largest absolute Gasteiger partial charge is 0.481 e. The first-order valence-corrected chi connectivity index (χ1v) is 6.22. The molecule has 0 aromatic rings. The number of hydrogen-bond donors (Lipinski definition) is 1. The van der Waals surface area contributed by atoms with Gasteiger partial charge in [0.25, 0.3) is 0 Å². The van der Waals surface area contributed by atoms with Crippen LogP contribution in [0, 0.1) is 5.92 Å². The highest BCUT2D eigenvalue weighted by atomic mass is 32.2. The van der Waals surface area contributed by atoms with E-state index in [-0.39, 0.29) is 29.9 Å². The second-order valence-electron chi connectivity index (χ2n) is 3.97. The van der Waals surface area contributed by atoms with Crippen LogP contribution in [0.5, 0.6) is 0 Å². The van der Waals surface area contributed by atoms with Crippen LogP contribution >= 0.6 is 0 Å². The minimum absolute atomic E-state index is 0.00213. The van der Waals surface area contributed by atoms with Crippen molar-refractivity contribution in [3.8, 4) is 0 Å². The molecule has 0 aromatic heterocycles. The molecule has 0 aromatic carbocycles. The molecule has 0 amide bonds. The van der Waals surface area contributed by atoms with Crippen molar-refractivity contribution in [2.24, 2.45) is 5.92 Å². The first kappa shape index (κ1) is 11.5. The van der Waals surface area contributed by atoms with Crippen molar-refractivity contribution in [2.75, 3.05) is 25.6 Å². The molecule has 14 heavy (non-hydrogen) atoms. The molecule has 2 atom stereocenters. The number of rotatable bonds is 3. The van der Waals surface area contributed by atoms with Gasteiger partial charge in [0.1, 0.15) is 0 Å². The van der Waals surface area contributed by atoms with Crippen LogP contribution in [0.15, 0.2) is 0 Å². The average molecular weight is 221 g/mol. The summed E-state index contributed by atoms with van der Waals surface area (Å²) < 4.78 is 22.6. The molecule has 0 radical (unpaired) electrons. The van der Waals surface area contributed by atoms with E-state index in [1.807, 2.05) is 0 Å². The third-order valence-corrected chi connectivity index (χ3v) is 4.32. The molecule has 1 N–H and O–H groups in total. The topological polar surface area (TPSA) is 74.7 Å². The minimum atomic E-state index is -3.04. The smallest absolute Gasteiger partial charge is 0.303 e. The van der Waals surface area contributed by atoms with E-state index in [9.17, 15) is 13.2 Å². The van der Waals surface area contributed by atoms with Gasteiger partial charge in [0.05, 0.1) is 17.9 Å². The van der Waals surface area contributed by atoms with E-state index in [4.69, 9.17) is 5.11 Å². The third-order valence-electron chi connectivity index (χ3n) is 2.54. The van der Waals surface area contributed by atoms with Crippen molar-refractivity contribution in [1.29, 1.82) is 0 Å². The lowest BCUT2D eigenvalue weighted by Gasteiger charge is -2.23. The van der Waals surface area contributed by atoms with E-state index in [1.54, 1.807) is 19.0 Å². The number of aliphatic carboxylic acids is 1. The Morgan fingerprint density at radius 2 is 2.00 bits per heavy atom. The Morgan fingerprint density at radius 3 is 2.43 bits per heavy atom. The molecular formula is C8H15NO4S. The van der Waals surface area contributed by atoms with Crippen molar-refractivity contribution in [2.45, 2.75) is 12.5 Å². The zero-order chi connectivity index (χ0) is 10.9. The van der Waals surface area contributed by atoms with Crippen molar-refractivity contribution in [3.05, 3.63) is 0 Å². The second kappa shape index (κ2) is 3.86. The highest BCUT2D eigenvalue weighted by Crippen LogP contribution is 2.25. The van der Waals surface area contributed by atoms with Crippen LogP contribution in [0.2, 0.25) is 0 Å². The maximum absolute atomic E-state index is 11.3. The van der Waals surface area contributed by atoms with Crippen LogP contribution in [0.25, 0.3) is 0 Å². The lowest BCUT2D eigenvalue weighted by Crippen LogP contribution is -2.35. The van der Waals surface area contributed by atoms with Crippen LogP contribution in [0.4, 0.5) is 0 Å². The van der Waals surface area contributed by atoms with Crippen LogP contribution in [-0.2, 0) is 14.6 Å². The van der Waals surface area contributed by atoms with Crippen LogP contribution in [-0.4, -0.2) is 56.0 Å². The predicted molar refractivity (Wildman–Crippen MR) is 51.9 cm³/mol. The molecule has 0 saturated carbocycles. The average Bonchev–Trinajstić information content (AvgIpc) is 2.24. The minimum Gasteiger partial charge on any atom is -0.481 e. The summed E-state index contributed by atoms with van der Waals surface area (Å²) >= 11 is 0. The first-order valence-electron chi connectivity index (χ1n) is 4.40. The normalized spacial score (nSPS) is 30.8. The maximum atomic E-state index is 11.3. The Kier molecular flexibility index (Phi) is 3.16. The van der Waals surface area contributed by atoms with Gasteiger partial charge in [-0.15, -0.1) is 0 Å². The van der Waals surface area contributed by atoms with Gasteiger partial charge >= 0.3 is 5.97 Å². The molecule has 0 bridgehead atoms. The Bertz CT molecular complexity index is 322. The molecule has 5 nitrogen and oxygen atoms in total. The number of carbonyl (C=O) groups is 1. The molecule has 1 rings (SSSR count). The molecule has 1 heterocycles. The Morgan fingerprint density at radius 1 is 1.43 bits per heavy atom. The van der Waals surface area contributed by atoms with E-state index in [2.05, 4.69) is 0 Å². The van der Waals surface area contributed by atoms with Gasteiger partial charge in [-0.2, -0.15) is 0 Å². The monoisotopic (exact) mass is 221 g/mol. The lowest BCUT2D eigenvalue weighted by molar-refractivity contribution is -0.138. The number of hydrogen-bond acceptors (Lipinski definition) is 4. The quantitative estimate of drug-likeness (QED) is 0.691. The molecule has 82 valence electrons. The summed E-state index contributed by atoms with van der Waals surface area (Å²) in [5.41, 5.74) is 0. The number of carboxylic acids is 1. The van der Waals surface area contributed by atoms with Crippen molar-refractivity contribution >= 4 is 15.8 Å². The standard InChI is InChI=1S/C8H15NO4S/c1-9(2)7-5-14(12,13)4-6(7)3-8(10)11/h6-7H,3-5H2,1-2H3,(H,10,11). The lowest BCUT2D eigenvalue weighted by atomic mass is 9.99. The number of carboxylic acid groups (broad SMARTS) is 1. The van der Waals surface area contributed by atoms with Gasteiger partial charge in [0.2, 0.25) is 0 Å². The zero-order valence-corrected chi connectivity index (χ0v) is 9.12. The molecule has 6 heteroatoms. The van der Waals surface area contributed by atoms with E-state index in [0.717, 1.165) is 0 Å². The fraction of sp³-hybridized carbons (Fsp3) is 0.875. The number of nitrogens with zero attached hydrogens (tertiary/aromatic N) is 1. The summed E-state index contributed by atoms with van der Waals surface area (Å²) in [4.78, 5) is 12.3. The van der Waals surface area contributed by atoms with Crippen LogP contribution in [0.3, 0.4) is 0 Å². The Hall–Kier alpha value is -0.620. The van der Waals surface area contributed by atoms with Gasteiger partial charge in [-0.1, -0.05) is 0 Å². The molecule has 1 aliphatic heterocycles. The van der Waals surface area contributed by atoms with Gasteiger partial charge in [0, 0.05) is 6.04 Å². The summed E-state index contributed by atoms with van der Waals surface area (Å²) in [5, 5.41) is 8.63. The second-order valence-corrected chi connectivity index (χ2v) is 6.12. The summed E-state index contributed by atoms with van der Waals surface area (Å²) in [5.74, 6) is -1.12. The van der Waals surface area contributed by atoms with E-state index >= 15 is 0 Å². The molecule has 1 aliphatic rings. The van der Waals surface area contributed by atoms with E-state index in [1.165, 1.54) is 0 Å². The molecule has 1 fully saturated rings. The van der Waals surface area contributed by atoms with Gasteiger partial charge in [-0.25, -0.2) is 8.42 Å². The van der Waals surface area contributed by atoms with Gasteiger partial charge < -0.3 is 10.0 Å². The zero-order valence-electron chi connectivity index (χ0n) is 8.30. The fourth-order valence-electron chi connectivity index (χ4n) is 1.89. The van der Waals surface area contributed by atoms with Gasteiger partial charge in [-0.05, 0) is 20.0 Å². The summed E-state index contributed by atoms with van der Waals surface area (Å²) in [6.07, 6.45) is -0.0674. The van der Waals surface area contributed by atoms with Crippen molar-refractivity contribution < 1.29 is 18.3 Å². The highest BCUT2D eigenvalue weighted by Gasteiger charge is 2.39. The summed E-state index contributed by atoms with van der Waals surface area (Å²) in [7, 11) is 0.516. The molecule has 1 saturated heterocycles. The number of sulfone groups is 1. The van der Waals surface area contributed by atoms with E-state index < -0.39 is 15.8 Å². The first-order chi connectivity index (χ1) is 6.32. The van der Waals surface area contributed by atoms with Crippen LogP contribution in [0.1, 0.15) is 6.42 Å². The summed E-state index contributed by atoms with van der Waals surface area (Å²) in [6, 6.07) is -0.156. The van der Waals surface area contributed by atoms with E-state index in [0.29, 0.717) is 0 Å². The van der Waals surface area contributed by atoms with Gasteiger partial charge in [0.15, 0.2) is 9.84 Å². The van der Waals surface area contributed by atoms with Crippen LogP contribution < -0.4 is 0 Å². The fourth-order valence-corrected chi connectivity index (χ4v) is 4.11. The SMILES string of the molecule is CN(C)C1CS(=O)(=O)CC1CC(=O)O. The molecule has 0 aliphatic carbocycles. The predicted octanol–water partition coefficient (Wildman–Crippen LogP) is -0.564.